The summed E-state index contributed by atoms with van der Waals surface area (Å²) in [6.45, 7) is 3.73. The van der Waals surface area contributed by atoms with Gasteiger partial charge in [-0.15, -0.1) is 0 Å². The number of anilines is 1. The lowest BCUT2D eigenvalue weighted by Gasteiger charge is -2.22. The number of nitrogens with one attached hydrogen (secondary N) is 1. The minimum Gasteiger partial charge on any atom is -0.355 e. The SMILES string of the molecule is CNCc1c(C)nn(C)c1N(C)Cc1ccccc1Br. The molecule has 0 aliphatic heterocycles. The van der Waals surface area contributed by atoms with Crippen LogP contribution in [-0.4, -0.2) is 23.9 Å². The molecule has 0 atom stereocenters. The molecule has 2 aromatic rings. The summed E-state index contributed by atoms with van der Waals surface area (Å²) in [6, 6.07) is 8.32. The molecule has 0 saturated heterocycles. The standard InChI is InChI=1S/C15H21BrN4/c1-11-13(9-17-2)15(20(4)18-11)19(3)10-12-7-5-6-8-14(12)16/h5-8,17H,9-10H2,1-4H3. The molecule has 0 amide bonds. The normalized spacial score (nSPS) is 10.8. The molecule has 0 radical (unpaired) electrons. The molecule has 0 aliphatic rings. The Bertz CT molecular complexity index is 592. The Hall–Kier alpha value is -1.33. The molecular weight excluding hydrogens is 316 g/mol. The molecule has 2 rings (SSSR count). The molecule has 0 fully saturated rings. The fourth-order valence-corrected chi connectivity index (χ4v) is 2.92. The Kier molecular flexibility index (Phi) is 4.83. The lowest BCUT2D eigenvalue weighted by atomic mass is 10.2. The van der Waals surface area contributed by atoms with Crippen LogP contribution in [0.25, 0.3) is 0 Å². The second kappa shape index (κ2) is 6.41. The van der Waals surface area contributed by atoms with E-state index in [0.717, 1.165) is 29.1 Å². The summed E-state index contributed by atoms with van der Waals surface area (Å²) in [5, 5.41) is 7.76. The first-order chi connectivity index (χ1) is 9.54. The van der Waals surface area contributed by atoms with Gasteiger partial charge in [0.15, 0.2) is 0 Å². The summed E-state index contributed by atoms with van der Waals surface area (Å²) >= 11 is 3.61. The molecule has 1 heterocycles. The van der Waals surface area contributed by atoms with Crippen molar-refractivity contribution in [2.24, 2.45) is 7.05 Å². The van der Waals surface area contributed by atoms with Crippen LogP contribution in [-0.2, 0) is 20.1 Å². The van der Waals surface area contributed by atoms with Gasteiger partial charge in [-0.25, -0.2) is 0 Å². The predicted octanol–water partition coefficient (Wildman–Crippen LogP) is 2.85. The summed E-state index contributed by atoms with van der Waals surface area (Å²) in [5.41, 5.74) is 3.60. The number of halogens is 1. The highest BCUT2D eigenvalue weighted by Gasteiger charge is 2.16. The van der Waals surface area contributed by atoms with Crippen LogP contribution >= 0.6 is 15.9 Å². The molecule has 0 bridgehead atoms. The number of aryl methyl sites for hydroxylation is 2. The summed E-state index contributed by atoms with van der Waals surface area (Å²) in [4.78, 5) is 2.24. The van der Waals surface area contributed by atoms with Crippen molar-refractivity contribution in [1.82, 2.24) is 15.1 Å². The summed E-state index contributed by atoms with van der Waals surface area (Å²) in [6.07, 6.45) is 0. The van der Waals surface area contributed by atoms with Crippen molar-refractivity contribution in [2.75, 3.05) is 19.0 Å². The highest BCUT2D eigenvalue weighted by Crippen LogP contribution is 2.25. The van der Waals surface area contributed by atoms with E-state index in [4.69, 9.17) is 0 Å². The van der Waals surface area contributed by atoms with E-state index in [1.807, 2.05) is 24.8 Å². The van der Waals surface area contributed by atoms with Gasteiger partial charge in [0.2, 0.25) is 0 Å². The molecule has 1 N–H and O–H groups in total. The first-order valence-electron chi connectivity index (χ1n) is 6.66. The highest BCUT2D eigenvalue weighted by molar-refractivity contribution is 9.10. The summed E-state index contributed by atoms with van der Waals surface area (Å²) in [7, 11) is 6.07. The van der Waals surface area contributed by atoms with Crippen LogP contribution in [0.1, 0.15) is 16.8 Å². The smallest absolute Gasteiger partial charge is 0.131 e. The molecule has 1 aromatic heterocycles. The van der Waals surface area contributed by atoms with Gasteiger partial charge in [-0.1, -0.05) is 34.1 Å². The van der Waals surface area contributed by atoms with Gasteiger partial charge >= 0.3 is 0 Å². The molecule has 20 heavy (non-hydrogen) atoms. The monoisotopic (exact) mass is 336 g/mol. The van der Waals surface area contributed by atoms with Crippen LogP contribution < -0.4 is 10.2 Å². The van der Waals surface area contributed by atoms with Crippen molar-refractivity contribution in [2.45, 2.75) is 20.0 Å². The zero-order valence-electron chi connectivity index (χ0n) is 12.4. The van der Waals surface area contributed by atoms with Crippen LogP contribution in [0.2, 0.25) is 0 Å². The largest absolute Gasteiger partial charge is 0.355 e. The molecule has 108 valence electrons. The van der Waals surface area contributed by atoms with Gasteiger partial charge < -0.3 is 10.2 Å². The molecule has 4 nitrogen and oxygen atoms in total. The van der Waals surface area contributed by atoms with Crippen molar-refractivity contribution in [3.8, 4) is 0 Å². The fourth-order valence-electron chi connectivity index (χ4n) is 2.51. The summed E-state index contributed by atoms with van der Waals surface area (Å²) in [5.74, 6) is 1.16. The minimum absolute atomic E-state index is 0.829. The van der Waals surface area contributed by atoms with Crippen LogP contribution in [0, 0.1) is 6.92 Å². The van der Waals surface area contributed by atoms with Gasteiger partial charge in [0.05, 0.1) is 5.69 Å². The molecule has 0 spiro atoms. The third-order valence-electron chi connectivity index (χ3n) is 3.39. The van der Waals surface area contributed by atoms with Gasteiger partial charge in [0.25, 0.3) is 0 Å². The first kappa shape index (κ1) is 15.1. The lowest BCUT2D eigenvalue weighted by Crippen LogP contribution is -2.22. The number of aromatic nitrogens is 2. The fraction of sp³-hybridized carbons (Fsp3) is 0.400. The Balaban J connectivity index is 2.29. The Labute approximate surface area is 128 Å². The topological polar surface area (TPSA) is 33.1 Å². The Morgan fingerprint density at radius 2 is 2.05 bits per heavy atom. The van der Waals surface area contributed by atoms with E-state index in [1.54, 1.807) is 0 Å². The van der Waals surface area contributed by atoms with Crippen molar-refractivity contribution < 1.29 is 0 Å². The number of rotatable bonds is 5. The van der Waals surface area contributed by atoms with E-state index >= 15 is 0 Å². The highest BCUT2D eigenvalue weighted by atomic mass is 79.9. The van der Waals surface area contributed by atoms with Crippen LogP contribution in [0.3, 0.4) is 0 Å². The van der Waals surface area contributed by atoms with E-state index in [1.165, 1.54) is 11.1 Å². The van der Waals surface area contributed by atoms with E-state index in [0.29, 0.717) is 0 Å². The van der Waals surface area contributed by atoms with Crippen LogP contribution in [0.15, 0.2) is 28.7 Å². The number of benzene rings is 1. The maximum atomic E-state index is 4.54. The van der Waals surface area contributed by atoms with Crippen molar-refractivity contribution in [3.63, 3.8) is 0 Å². The molecule has 0 saturated carbocycles. The Morgan fingerprint density at radius 1 is 1.35 bits per heavy atom. The average Bonchev–Trinajstić information content (AvgIpc) is 2.67. The van der Waals surface area contributed by atoms with Crippen LogP contribution in [0.5, 0.6) is 0 Å². The zero-order valence-corrected chi connectivity index (χ0v) is 14.0. The number of hydrogen-bond donors (Lipinski definition) is 1. The molecular formula is C15H21BrN4. The second-order valence-corrected chi connectivity index (χ2v) is 5.84. The third-order valence-corrected chi connectivity index (χ3v) is 4.17. The zero-order chi connectivity index (χ0) is 14.7. The van der Waals surface area contributed by atoms with Crippen molar-refractivity contribution in [1.29, 1.82) is 0 Å². The maximum Gasteiger partial charge on any atom is 0.131 e. The Morgan fingerprint density at radius 3 is 2.70 bits per heavy atom. The maximum absolute atomic E-state index is 4.54. The van der Waals surface area contributed by atoms with E-state index in [9.17, 15) is 0 Å². The van der Waals surface area contributed by atoms with Gasteiger partial charge in [0, 0.05) is 37.2 Å². The molecule has 1 aromatic carbocycles. The van der Waals surface area contributed by atoms with Gasteiger partial charge in [-0.2, -0.15) is 5.10 Å². The van der Waals surface area contributed by atoms with Gasteiger partial charge in [0.1, 0.15) is 5.82 Å². The summed E-state index contributed by atoms with van der Waals surface area (Å²) < 4.78 is 3.10. The predicted molar refractivity (Wildman–Crippen MR) is 87.0 cm³/mol. The average molecular weight is 337 g/mol. The van der Waals surface area contributed by atoms with Gasteiger partial charge in [-0.3, -0.25) is 4.68 Å². The third kappa shape index (κ3) is 3.04. The van der Waals surface area contributed by atoms with E-state index in [2.05, 4.69) is 63.4 Å². The molecule has 0 aliphatic carbocycles. The van der Waals surface area contributed by atoms with Crippen molar-refractivity contribution >= 4 is 21.7 Å². The van der Waals surface area contributed by atoms with Gasteiger partial charge in [-0.05, 0) is 25.6 Å². The molecule has 5 heteroatoms. The van der Waals surface area contributed by atoms with E-state index in [-0.39, 0.29) is 0 Å². The molecule has 0 unspecified atom stereocenters. The number of hydrogen-bond acceptors (Lipinski definition) is 3. The van der Waals surface area contributed by atoms with Crippen molar-refractivity contribution in [3.05, 3.63) is 45.6 Å². The quantitative estimate of drug-likeness (QED) is 0.911. The number of nitrogens with zero attached hydrogens (tertiary/aromatic N) is 3. The second-order valence-electron chi connectivity index (χ2n) is 4.99. The van der Waals surface area contributed by atoms with Crippen LogP contribution in [0.4, 0.5) is 5.82 Å². The first-order valence-corrected chi connectivity index (χ1v) is 7.45. The van der Waals surface area contributed by atoms with E-state index < -0.39 is 0 Å². The minimum atomic E-state index is 0.829. The lowest BCUT2D eigenvalue weighted by molar-refractivity contribution is 0.723.